The number of aliphatic carboxylic acids is 2. The Bertz CT molecular complexity index is 266. The quantitative estimate of drug-likeness (QED) is 0.494. The molecule has 0 fully saturated rings. The molecule has 0 heterocycles. The summed E-state index contributed by atoms with van der Waals surface area (Å²) in [6.07, 6.45) is 7.01. The summed E-state index contributed by atoms with van der Waals surface area (Å²) in [4.78, 5) is 21.0. The molecule has 0 aliphatic heterocycles. The third-order valence-corrected chi connectivity index (χ3v) is 2.35. The first-order chi connectivity index (χ1) is 7.36. The Hall–Kier alpha value is -1.32. The second kappa shape index (κ2) is 7.04. The van der Waals surface area contributed by atoms with Gasteiger partial charge in [0.25, 0.3) is 0 Å². The molecular formula is C12H20O4. The molecular weight excluding hydrogens is 208 g/mol. The van der Waals surface area contributed by atoms with Gasteiger partial charge < -0.3 is 10.2 Å². The van der Waals surface area contributed by atoms with Crippen molar-refractivity contribution in [2.24, 2.45) is 5.41 Å². The van der Waals surface area contributed by atoms with E-state index in [0.717, 1.165) is 19.3 Å². The predicted molar refractivity (Wildman–Crippen MR) is 61.3 cm³/mol. The molecule has 92 valence electrons. The van der Waals surface area contributed by atoms with Crippen LogP contribution in [0.2, 0.25) is 0 Å². The van der Waals surface area contributed by atoms with E-state index >= 15 is 0 Å². The van der Waals surface area contributed by atoms with E-state index in [1.165, 1.54) is 0 Å². The molecule has 4 heteroatoms. The maximum atomic E-state index is 10.7. The monoisotopic (exact) mass is 228 g/mol. The Balaban J connectivity index is 3.62. The van der Waals surface area contributed by atoms with E-state index < -0.39 is 17.4 Å². The summed E-state index contributed by atoms with van der Waals surface area (Å²) in [5.74, 6) is -1.60. The third-order valence-electron chi connectivity index (χ3n) is 2.35. The first-order valence-electron chi connectivity index (χ1n) is 5.49. The van der Waals surface area contributed by atoms with Crippen LogP contribution in [0.15, 0.2) is 12.2 Å². The van der Waals surface area contributed by atoms with Gasteiger partial charge in [0.2, 0.25) is 0 Å². The number of carbonyl (C=O) groups is 2. The molecule has 4 nitrogen and oxygen atoms in total. The van der Waals surface area contributed by atoms with Gasteiger partial charge >= 0.3 is 11.9 Å². The molecule has 0 aromatic carbocycles. The lowest BCUT2D eigenvalue weighted by Crippen LogP contribution is -2.20. The third kappa shape index (κ3) is 7.04. The van der Waals surface area contributed by atoms with Crippen LogP contribution in [-0.4, -0.2) is 22.2 Å². The first-order valence-corrected chi connectivity index (χ1v) is 5.49. The maximum Gasteiger partial charge on any atom is 0.312 e. The van der Waals surface area contributed by atoms with Gasteiger partial charge in [0.1, 0.15) is 0 Å². The van der Waals surface area contributed by atoms with Crippen LogP contribution in [0.25, 0.3) is 0 Å². The van der Waals surface area contributed by atoms with E-state index in [0.29, 0.717) is 6.42 Å². The van der Waals surface area contributed by atoms with Gasteiger partial charge in [0.15, 0.2) is 0 Å². The van der Waals surface area contributed by atoms with E-state index in [1.807, 2.05) is 6.08 Å². The maximum absolute atomic E-state index is 10.7. The first kappa shape index (κ1) is 14.7. The van der Waals surface area contributed by atoms with Crippen LogP contribution >= 0.6 is 0 Å². The van der Waals surface area contributed by atoms with Crippen LogP contribution in [0, 0.1) is 5.41 Å². The van der Waals surface area contributed by atoms with Gasteiger partial charge in [-0.2, -0.15) is 0 Å². The molecule has 0 radical (unpaired) electrons. The topological polar surface area (TPSA) is 74.6 Å². The van der Waals surface area contributed by atoms with Crippen molar-refractivity contribution >= 4 is 11.9 Å². The van der Waals surface area contributed by atoms with Gasteiger partial charge in [0.05, 0.1) is 5.41 Å². The molecule has 0 saturated heterocycles. The normalized spacial score (nSPS) is 11.9. The number of unbranched alkanes of at least 4 members (excludes halogenated alkanes) is 3. The van der Waals surface area contributed by atoms with Crippen LogP contribution in [0.1, 0.15) is 46.0 Å². The van der Waals surface area contributed by atoms with E-state index in [1.54, 1.807) is 19.9 Å². The molecule has 0 aliphatic carbocycles. The molecule has 2 N–H and O–H groups in total. The lowest BCUT2D eigenvalue weighted by atomic mass is 9.93. The minimum atomic E-state index is -0.838. The second-order valence-electron chi connectivity index (χ2n) is 4.42. The lowest BCUT2D eigenvalue weighted by Gasteiger charge is -2.12. The Morgan fingerprint density at radius 3 is 2.25 bits per heavy atom. The summed E-state index contributed by atoms with van der Waals surface area (Å²) in [5, 5.41) is 17.2. The Morgan fingerprint density at radius 1 is 1.12 bits per heavy atom. The van der Waals surface area contributed by atoms with Crippen LogP contribution in [0.5, 0.6) is 0 Å². The summed E-state index contributed by atoms with van der Waals surface area (Å²) in [7, 11) is 0. The van der Waals surface area contributed by atoms with E-state index in [-0.39, 0.29) is 6.42 Å². The van der Waals surface area contributed by atoms with Crippen molar-refractivity contribution in [3.05, 3.63) is 12.2 Å². The van der Waals surface area contributed by atoms with E-state index in [4.69, 9.17) is 10.2 Å². The van der Waals surface area contributed by atoms with Crippen molar-refractivity contribution in [3.63, 3.8) is 0 Å². The molecule has 0 aromatic heterocycles. The SMILES string of the molecule is CC(C)(C=CCCCCCC(=O)O)C(=O)O. The van der Waals surface area contributed by atoms with Crippen LogP contribution < -0.4 is 0 Å². The number of hydrogen-bond donors (Lipinski definition) is 2. The minimum Gasteiger partial charge on any atom is -0.481 e. The largest absolute Gasteiger partial charge is 0.481 e. The van der Waals surface area contributed by atoms with Crippen molar-refractivity contribution in [1.82, 2.24) is 0 Å². The number of allylic oxidation sites excluding steroid dienone is 1. The van der Waals surface area contributed by atoms with Crippen molar-refractivity contribution < 1.29 is 19.8 Å². The summed E-state index contributed by atoms with van der Waals surface area (Å²) in [6, 6.07) is 0. The molecule has 0 aliphatic rings. The van der Waals surface area contributed by atoms with Gasteiger partial charge in [0, 0.05) is 6.42 Å². The molecule has 0 aromatic rings. The fourth-order valence-electron chi connectivity index (χ4n) is 1.16. The van der Waals surface area contributed by atoms with Crippen LogP contribution in [0.3, 0.4) is 0 Å². The van der Waals surface area contributed by atoms with Crippen molar-refractivity contribution in [2.45, 2.75) is 46.0 Å². The van der Waals surface area contributed by atoms with Crippen LogP contribution in [-0.2, 0) is 9.59 Å². The molecule has 16 heavy (non-hydrogen) atoms. The highest BCUT2D eigenvalue weighted by atomic mass is 16.4. The fraction of sp³-hybridized carbons (Fsp3) is 0.667. The average molecular weight is 228 g/mol. The molecule has 0 rings (SSSR count). The second-order valence-corrected chi connectivity index (χ2v) is 4.42. The summed E-state index contributed by atoms with van der Waals surface area (Å²) < 4.78 is 0. The lowest BCUT2D eigenvalue weighted by molar-refractivity contribution is -0.144. The standard InChI is InChI=1S/C12H20O4/c1-12(2,11(15)16)9-7-5-3-4-6-8-10(13)14/h7,9H,3-6,8H2,1-2H3,(H,13,14)(H,15,16). The van der Waals surface area contributed by atoms with Gasteiger partial charge in [-0.15, -0.1) is 0 Å². The Morgan fingerprint density at radius 2 is 1.75 bits per heavy atom. The van der Waals surface area contributed by atoms with Gasteiger partial charge in [-0.05, 0) is 33.1 Å². The Kier molecular flexibility index (Phi) is 6.46. The highest BCUT2D eigenvalue weighted by Crippen LogP contribution is 2.17. The summed E-state index contributed by atoms with van der Waals surface area (Å²) in [6.45, 7) is 3.30. The Labute approximate surface area is 96.0 Å². The zero-order valence-electron chi connectivity index (χ0n) is 9.90. The van der Waals surface area contributed by atoms with Crippen molar-refractivity contribution in [3.8, 4) is 0 Å². The zero-order valence-corrected chi connectivity index (χ0v) is 9.90. The number of carboxylic acid groups (broad SMARTS) is 2. The van der Waals surface area contributed by atoms with E-state index in [2.05, 4.69) is 0 Å². The van der Waals surface area contributed by atoms with Crippen LogP contribution in [0.4, 0.5) is 0 Å². The molecule has 0 unspecified atom stereocenters. The zero-order chi connectivity index (χ0) is 12.6. The smallest absolute Gasteiger partial charge is 0.312 e. The van der Waals surface area contributed by atoms with E-state index in [9.17, 15) is 9.59 Å². The molecule has 0 saturated carbocycles. The molecule has 0 amide bonds. The van der Waals surface area contributed by atoms with Gasteiger partial charge in [-0.25, -0.2) is 0 Å². The van der Waals surface area contributed by atoms with Crippen molar-refractivity contribution in [2.75, 3.05) is 0 Å². The number of rotatable bonds is 8. The number of hydrogen-bond acceptors (Lipinski definition) is 2. The molecule has 0 atom stereocenters. The average Bonchev–Trinajstić information content (AvgIpc) is 2.15. The fourth-order valence-corrected chi connectivity index (χ4v) is 1.16. The minimum absolute atomic E-state index is 0.213. The predicted octanol–water partition coefficient (Wildman–Crippen LogP) is 2.69. The highest BCUT2D eigenvalue weighted by Gasteiger charge is 2.22. The number of carboxylic acids is 2. The molecule has 0 spiro atoms. The van der Waals surface area contributed by atoms with Gasteiger partial charge in [-0.3, -0.25) is 9.59 Å². The molecule has 0 bridgehead atoms. The van der Waals surface area contributed by atoms with Crippen molar-refractivity contribution in [1.29, 1.82) is 0 Å². The summed E-state index contributed by atoms with van der Waals surface area (Å²) >= 11 is 0. The van der Waals surface area contributed by atoms with Gasteiger partial charge in [-0.1, -0.05) is 18.6 Å². The highest BCUT2D eigenvalue weighted by molar-refractivity contribution is 5.75. The summed E-state index contributed by atoms with van der Waals surface area (Å²) in [5.41, 5.74) is -0.818.